The van der Waals surface area contributed by atoms with Crippen molar-refractivity contribution in [2.75, 3.05) is 19.6 Å². The minimum atomic E-state index is 0.390. The molecule has 2 heteroatoms. The average molecular weight is 252 g/mol. The van der Waals surface area contributed by atoms with Crippen molar-refractivity contribution < 1.29 is 0 Å². The van der Waals surface area contributed by atoms with Crippen molar-refractivity contribution in [1.82, 2.24) is 10.2 Å². The van der Waals surface area contributed by atoms with Crippen LogP contribution < -0.4 is 5.32 Å². The molecule has 2 nitrogen and oxygen atoms in total. The quantitative estimate of drug-likeness (QED) is 0.829. The summed E-state index contributed by atoms with van der Waals surface area (Å²) in [6.07, 6.45) is 6.81. The van der Waals surface area contributed by atoms with E-state index >= 15 is 0 Å². The van der Waals surface area contributed by atoms with Crippen LogP contribution in [0.1, 0.15) is 59.8 Å². The van der Waals surface area contributed by atoms with E-state index in [0.29, 0.717) is 5.54 Å². The van der Waals surface area contributed by atoms with Crippen molar-refractivity contribution in [3.05, 3.63) is 0 Å². The van der Waals surface area contributed by atoms with Gasteiger partial charge in [-0.05, 0) is 43.9 Å². The van der Waals surface area contributed by atoms with Gasteiger partial charge in [0.25, 0.3) is 0 Å². The van der Waals surface area contributed by atoms with Gasteiger partial charge in [-0.1, -0.05) is 27.7 Å². The van der Waals surface area contributed by atoms with Gasteiger partial charge < -0.3 is 5.32 Å². The lowest BCUT2D eigenvalue weighted by atomic mass is 9.78. The molecule has 1 heterocycles. The Balaban J connectivity index is 2.00. The van der Waals surface area contributed by atoms with E-state index in [4.69, 9.17) is 0 Å². The second-order valence-electron chi connectivity index (χ2n) is 6.85. The Kier molecular flexibility index (Phi) is 4.71. The van der Waals surface area contributed by atoms with Gasteiger partial charge in [-0.15, -0.1) is 0 Å². The predicted molar refractivity (Wildman–Crippen MR) is 78.9 cm³/mol. The zero-order valence-corrected chi connectivity index (χ0v) is 12.8. The Morgan fingerprint density at radius 3 is 2.50 bits per heavy atom. The molecular weight excluding hydrogens is 220 g/mol. The van der Waals surface area contributed by atoms with Crippen molar-refractivity contribution in [1.29, 1.82) is 0 Å². The lowest BCUT2D eigenvalue weighted by molar-refractivity contribution is 0.0358. The summed E-state index contributed by atoms with van der Waals surface area (Å²) in [7, 11) is 0. The van der Waals surface area contributed by atoms with Crippen molar-refractivity contribution in [2.24, 2.45) is 11.8 Å². The van der Waals surface area contributed by atoms with E-state index in [0.717, 1.165) is 17.9 Å². The first kappa shape index (κ1) is 14.3. The Hall–Kier alpha value is -0.0800. The maximum Gasteiger partial charge on any atom is 0.0304 e. The molecule has 1 aliphatic carbocycles. The minimum absolute atomic E-state index is 0.390. The number of hydrogen-bond acceptors (Lipinski definition) is 2. The molecule has 18 heavy (non-hydrogen) atoms. The average Bonchev–Trinajstić information content (AvgIpc) is 2.38. The second kappa shape index (κ2) is 5.92. The summed E-state index contributed by atoms with van der Waals surface area (Å²) in [5.74, 6) is 1.83. The molecule has 3 atom stereocenters. The molecule has 1 saturated carbocycles. The third kappa shape index (κ3) is 2.91. The fourth-order valence-corrected chi connectivity index (χ4v) is 4.19. The molecule has 1 aliphatic heterocycles. The number of piperazine rings is 1. The van der Waals surface area contributed by atoms with Gasteiger partial charge in [-0.2, -0.15) is 0 Å². The van der Waals surface area contributed by atoms with Gasteiger partial charge in [0, 0.05) is 31.2 Å². The molecule has 0 aromatic heterocycles. The van der Waals surface area contributed by atoms with Gasteiger partial charge in [0.2, 0.25) is 0 Å². The summed E-state index contributed by atoms with van der Waals surface area (Å²) in [6.45, 7) is 13.3. The number of hydrogen-bond donors (Lipinski definition) is 1. The highest BCUT2D eigenvalue weighted by atomic mass is 15.2. The smallest absolute Gasteiger partial charge is 0.0304 e. The SMILES string of the molecule is CCC1(CC)CN(C2CCC(C)CC2C)CCN1. The molecular formula is C16H32N2. The highest BCUT2D eigenvalue weighted by Crippen LogP contribution is 2.34. The highest BCUT2D eigenvalue weighted by Gasteiger charge is 2.37. The molecule has 0 aromatic carbocycles. The van der Waals surface area contributed by atoms with E-state index < -0.39 is 0 Å². The molecule has 2 aliphatic rings. The molecule has 2 fully saturated rings. The van der Waals surface area contributed by atoms with Crippen molar-refractivity contribution in [2.45, 2.75) is 71.4 Å². The summed E-state index contributed by atoms with van der Waals surface area (Å²) in [6, 6.07) is 0.848. The van der Waals surface area contributed by atoms with E-state index in [1.807, 2.05) is 0 Å². The van der Waals surface area contributed by atoms with Gasteiger partial charge in [0.05, 0.1) is 0 Å². The van der Waals surface area contributed by atoms with Crippen LogP contribution in [0.2, 0.25) is 0 Å². The van der Waals surface area contributed by atoms with E-state index in [1.54, 1.807) is 0 Å². The van der Waals surface area contributed by atoms with Gasteiger partial charge in [0.1, 0.15) is 0 Å². The van der Waals surface area contributed by atoms with E-state index in [-0.39, 0.29) is 0 Å². The molecule has 0 radical (unpaired) electrons. The molecule has 0 bridgehead atoms. The van der Waals surface area contributed by atoms with Gasteiger partial charge >= 0.3 is 0 Å². The Morgan fingerprint density at radius 1 is 1.17 bits per heavy atom. The summed E-state index contributed by atoms with van der Waals surface area (Å²) in [4.78, 5) is 2.81. The molecule has 0 aromatic rings. The van der Waals surface area contributed by atoms with Crippen molar-refractivity contribution in [3.63, 3.8) is 0 Å². The zero-order valence-electron chi connectivity index (χ0n) is 12.8. The van der Waals surface area contributed by atoms with Crippen LogP contribution in [-0.2, 0) is 0 Å². The van der Waals surface area contributed by atoms with Crippen LogP contribution in [0, 0.1) is 11.8 Å². The lowest BCUT2D eigenvalue weighted by Gasteiger charge is -2.49. The lowest BCUT2D eigenvalue weighted by Crippen LogP contribution is -2.63. The van der Waals surface area contributed by atoms with Gasteiger partial charge in [-0.25, -0.2) is 0 Å². The van der Waals surface area contributed by atoms with Crippen LogP contribution in [-0.4, -0.2) is 36.1 Å². The van der Waals surface area contributed by atoms with Crippen LogP contribution in [0.25, 0.3) is 0 Å². The number of rotatable bonds is 3. The standard InChI is InChI=1S/C16H32N2/c1-5-16(6-2)12-18(10-9-17-16)15-8-7-13(3)11-14(15)4/h13-15,17H,5-12H2,1-4H3. The van der Waals surface area contributed by atoms with E-state index in [1.165, 1.54) is 51.7 Å². The third-order valence-electron chi connectivity index (χ3n) is 5.61. The Morgan fingerprint density at radius 2 is 1.89 bits per heavy atom. The van der Waals surface area contributed by atoms with E-state index in [2.05, 4.69) is 37.9 Å². The van der Waals surface area contributed by atoms with Crippen LogP contribution in [0.4, 0.5) is 0 Å². The van der Waals surface area contributed by atoms with Crippen LogP contribution >= 0.6 is 0 Å². The molecule has 1 N–H and O–H groups in total. The highest BCUT2D eigenvalue weighted by molar-refractivity contribution is 4.96. The predicted octanol–water partition coefficient (Wildman–Crippen LogP) is 3.28. The van der Waals surface area contributed by atoms with Crippen LogP contribution in [0.3, 0.4) is 0 Å². The fourth-order valence-electron chi connectivity index (χ4n) is 4.19. The van der Waals surface area contributed by atoms with Crippen LogP contribution in [0.15, 0.2) is 0 Å². The molecule has 106 valence electrons. The molecule has 0 amide bonds. The summed E-state index contributed by atoms with van der Waals surface area (Å²) in [5.41, 5.74) is 0.390. The monoisotopic (exact) mass is 252 g/mol. The summed E-state index contributed by atoms with van der Waals surface area (Å²) >= 11 is 0. The van der Waals surface area contributed by atoms with Gasteiger partial charge in [-0.3, -0.25) is 4.90 Å². The van der Waals surface area contributed by atoms with Crippen LogP contribution in [0.5, 0.6) is 0 Å². The van der Waals surface area contributed by atoms with Gasteiger partial charge in [0.15, 0.2) is 0 Å². The first-order chi connectivity index (χ1) is 8.60. The largest absolute Gasteiger partial charge is 0.309 e. The van der Waals surface area contributed by atoms with Crippen molar-refractivity contribution >= 4 is 0 Å². The maximum atomic E-state index is 3.78. The molecule has 1 saturated heterocycles. The molecule has 2 rings (SSSR count). The molecule has 3 unspecified atom stereocenters. The topological polar surface area (TPSA) is 15.3 Å². The van der Waals surface area contributed by atoms with E-state index in [9.17, 15) is 0 Å². The summed E-state index contributed by atoms with van der Waals surface area (Å²) in [5, 5.41) is 3.78. The summed E-state index contributed by atoms with van der Waals surface area (Å²) < 4.78 is 0. The number of nitrogens with one attached hydrogen (secondary N) is 1. The fraction of sp³-hybridized carbons (Fsp3) is 1.00. The maximum absolute atomic E-state index is 3.78. The third-order valence-corrected chi connectivity index (χ3v) is 5.61. The molecule has 0 spiro atoms. The first-order valence-electron chi connectivity index (χ1n) is 8.09. The normalized spacial score (nSPS) is 37.7. The second-order valence-corrected chi connectivity index (χ2v) is 6.85. The van der Waals surface area contributed by atoms with Crippen molar-refractivity contribution in [3.8, 4) is 0 Å². The minimum Gasteiger partial charge on any atom is -0.309 e. The Bertz CT molecular complexity index is 260. The zero-order chi connectivity index (χ0) is 13.2. The first-order valence-corrected chi connectivity index (χ1v) is 8.09. The Labute approximate surface area is 114 Å². The number of nitrogens with zero attached hydrogens (tertiary/aromatic N) is 1.